The van der Waals surface area contributed by atoms with Gasteiger partial charge in [0.2, 0.25) is 0 Å². The van der Waals surface area contributed by atoms with Crippen molar-refractivity contribution in [2.45, 2.75) is 25.7 Å². The molecule has 0 N–H and O–H groups in total. The summed E-state index contributed by atoms with van der Waals surface area (Å²) in [5, 5.41) is 9.74. The molecule has 2 aliphatic rings. The molecule has 3 rings (SSSR count). The highest BCUT2D eigenvalue weighted by Crippen LogP contribution is 2.32. The van der Waals surface area contributed by atoms with Crippen molar-refractivity contribution in [3.05, 3.63) is 35.0 Å². The zero-order valence-corrected chi connectivity index (χ0v) is 16.8. The van der Waals surface area contributed by atoms with Gasteiger partial charge in [0.1, 0.15) is 18.5 Å². The molecule has 29 heavy (non-hydrogen) atoms. The van der Waals surface area contributed by atoms with Crippen LogP contribution >= 0.6 is 0 Å². The third-order valence-corrected chi connectivity index (χ3v) is 5.19. The highest BCUT2D eigenvalue weighted by atomic mass is 16.5. The number of rotatable bonds is 4. The van der Waals surface area contributed by atoms with E-state index in [2.05, 4.69) is 11.0 Å². The Morgan fingerprint density at radius 3 is 2.38 bits per heavy atom. The summed E-state index contributed by atoms with van der Waals surface area (Å²) in [5.74, 6) is -1.32. The van der Waals surface area contributed by atoms with Crippen LogP contribution in [0.3, 0.4) is 0 Å². The van der Waals surface area contributed by atoms with Gasteiger partial charge < -0.3 is 24.0 Å². The molecule has 2 aliphatic heterocycles. The van der Waals surface area contributed by atoms with Crippen molar-refractivity contribution in [1.82, 2.24) is 0 Å². The monoisotopic (exact) mass is 399 g/mol. The maximum Gasteiger partial charge on any atom is 0.355 e. The number of hydrogen-bond acceptors (Lipinski definition) is 8. The van der Waals surface area contributed by atoms with E-state index in [9.17, 15) is 14.9 Å². The lowest BCUT2D eigenvalue weighted by molar-refractivity contribution is -0.140. The third kappa shape index (κ3) is 4.35. The Balaban J connectivity index is 2.01. The molecular weight excluding hydrogens is 374 g/mol. The Hall–Kier alpha value is -3.05. The van der Waals surface area contributed by atoms with Gasteiger partial charge in [0.05, 0.1) is 37.7 Å². The summed E-state index contributed by atoms with van der Waals surface area (Å²) in [6.45, 7) is 1.84. The quantitative estimate of drug-likeness (QED) is 0.713. The second kappa shape index (κ2) is 9.43. The Labute approximate surface area is 170 Å². The minimum Gasteiger partial charge on any atom is -0.466 e. The van der Waals surface area contributed by atoms with E-state index in [0.717, 1.165) is 31.6 Å². The number of nitrogens with zero attached hydrogens (tertiary/aromatic N) is 3. The molecular formula is C21H25N3O5. The maximum absolute atomic E-state index is 12.4. The molecule has 0 atom stereocenters. The predicted molar refractivity (Wildman–Crippen MR) is 106 cm³/mol. The largest absolute Gasteiger partial charge is 0.466 e. The molecule has 8 nitrogen and oxygen atoms in total. The van der Waals surface area contributed by atoms with Gasteiger partial charge in [0, 0.05) is 18.8 Å². The maximum atomic E-state index is 12.4. The Morgan fingerprint density at radius 1 is 1.07 bits per heavy atom. The van der Waals surface area contributed by atoms with Gasteiger partial charge in [0.25, 0.3) is 0 Å². The molecule has 1 aromatic carbocycles. The second-order valence-corrected chi connectivity index (χ2v) is 6.93. The van der Waals surface area contributed by atoms with Crippen LogP contribution in [0, 0.1) is 11.3 Å². The van der Waals surface area contributed by atoms with Gasteiger partial charge in [-0.05, 0) is 31.0 Å². The lowest BCUT2D eigenvalue weighted by atomic mass is 10.1. The van der Waals surface area contributed by atoms with Crippen LogP contribution in [0.25, 0.3) is 0 Å². The molecule has 0 amide bonds. The zero-order valence-electron chi connectivity index (χ0n) is 16.8. The van der Waals surface area contributed by atoms with Crippen molar-refractivity contribution in [3.8, 4) is 6.07 Å². The molecule has 1 fully saturated rings. The van der Waals surface area contributed by atoms with Crippen LogP contribution in [0.1, 0.15) is 31.2 Å². The smallest absolute Gasteiger partial charge is 0.355 e. The molecule has 1 aromatic rings. The van der Waals surface area contributed by atoms with Crippen molar-refractivity contribution in [3.63, 3.8) is 0 Å². The molecule has 154 valence electrons. The lowest BCUT2D eigenvalue weighted by Gasteiger charge is -2.32. The summed E-state index contributed by atoms with van der Waals surface area (Å²) in [6, 6.07) is 7.69. The third-order valence-electron chi connectivity index (χ3n) is 5.19. The van der Waals surface area contributed by atoms with Gasteiger partial charge in [-0.1, -0.05) is 12.8 Å². The minimum absolute atomic E-state index is 0.0510. The SMILES string of the molecule is COC(=O)C1=C(C(=O)OC)N(c2ccc(N3CCCCCC3)c(C#N)c2)COC1. The van der Waals surface area contributed by atoms with Crippen LogP contribution in [0.5, 0.6) is 0 Å². The van der Waals surface area contributed by atoms with E-state index in [1.165, 1.54) is 32.0 Å². The van der Waals surface area contributed by atoms with Crippen molar-refractivity contribution >= 4 is 23.3 Å². The number of hydrogen-bond donors (Lipinski definition) is 0. The van der Waals surface area contributed by atoms with Crippen LogP contribution in [-0.4, -0.2) is 52.6 Å². The minimum atomic E-state index is -0.663. The molecule has 0 radical (unpaired) electrons. The van der Waals surface area contributed by atoms with Crippen LogP contribution in [0.2, 0.25) is 0 Å². The summed E-state index contributed by atoms with van der Waals surface area (Å²) >= 11 is 0. The molecule has 8 heteroatoms. The van der Waals surface area contributed by atoms with Crippen LogP contribution in [0.4, 0.5) is 11.4 Å². The average molecular weight is 399 g/mol. The van der Waals surface area contributed by atoms with Gasteiger partial charge in [-0.25, -0.2) is 9.59 Å². The normalized spacial score (nSPS) is 17.4. The highest BCUT2D eigenvalue weighted by Gasteiger charge is 2.32. The molecule has 0 bridgehead atoms. The Morgan fingerprint density at radius 2 is 1.76 bits per heavy atom. The standard InChI is InChI=1S/C21H25N3O5/c1-27-20(25)17-13-29-14-24(19(17)21(26)28-2)16-7-8-18(15(11-16)12-22)23-9-5-3-4-6-10-23/h7-8,11H,3-6,9-10,13-14H2,1-2H3. The first-order valence-corrected chi connectivity index (χ1v) is 9.65. The van der Waals surface area contributed by atoms with E-state index in [4.69, 9.17) is 14.2 Å². The molecule has 0 saturated carbocycles. The summed E-state index contributed by atoms with van der Waals surface area (Å²) in [6.07, 6.45) is 4.60. The van der Waals surface area contributed by atoms with Gasteiger partial charge in [-0.2, -0.15) is 5.26 Å². The summed E-state index contributed by atoms with van der Waals surface area (Å²) in [7, 11) is 2.49. The van der Waals surface area contributed by atoms with Gasteiger partial charge in [-0.15, -0.1) is 0 Å². The van der Waals surface area contributed by atoms with E-state index < -0.39 is 11.9 Å². The number of anilines is 2. The molecule has 0 aromatic heterocycles. The predicted octanol–water partition coefficient (Wildman–Crippen LogP) is 2.33. The number of carbonyl (C=O) groups excluding carboxylic acids is 2. The molecule has 0 spiro atoms. The van der Waals surface area contributed by atoms with Gasteiger partial charge in [0.15, 0.2) is 0 Å². The lowest BCUT2D eigenvalue weighted by Crippen LogP contribution is -2.38. The number of esters is 2. The topological polar surface area (TPSA) is 92.1 Å². The van der Waals surface area contributed by atoms with E-state index in [1.807, 2.05) is 12.1 Å². The zero-order chi connectivity index (χ0) is 20.8. The number of carbonyl (C=O) groups is 2. The molecule has 2 heterocycles. The number of methoxy groups -OCH3 is 2. The fraction of sp³-hybridized carbons (Fsp3) is 0.476. The van der Waals surface area contributed by atoms with E-state index in [0.29, 0.717) is 11.3 Å². The Kier molecular flexibility index (Phi) is 6.73. The molecule has 1 saturated heterocycles. The van der Waals surface area contributed by atoms with Gasteiger partial charge in [-0.3, -0.25) is 0 Å². The van der Waals surface area contributed by atoms with Crippen LogP contribution in [0.15, 0.2) is 29.5 Å². The second-order valence-electron chi connectivity index (χ2n) is 6.93. The van der Waals surface area contributed by atoms with E-state index in [-0.39, 0.29) is 24.6 Å². The number of ether oxygens (including phenoxy) is 3. The van der Waals surface area contributed by atoms with Crippen LogP contribution in [-0.2, 0) is 23.8 Å². The van der Waals surface area contributed by atoms with Crippen molar-refractivity contribution in [2.75, 3.05) is 50.4 Å². The number of benzene rings is 1. The fourth-order valence-corrected chi connectivity index (χ4v) is 3.72. The van der Waals surface area contributed by atoms with Gasteiger partial charge >= 0.3 is 11.9 Å². The van der Waals surface area contributed by atoms with E-state index >= 15 is 0 Å². The first-order chi connectivity index (χ1) is 14.1. The fourth-order valence-electron chi connectivity index (χ4n) is 3.72. The molecule has 0 aliphatic carbocycles. The number of nitriles is 1. The summed E-state index contributed by atoms with van der Waals surface area (Å²) in [5.41, 5.74) is 2.12. The van der Waals surface area contributed by atoms with Crippen molar-refractivity contribution in [1.29, 1.82) is 5.26 Å². The van der Waals surface area contributed by atoms with E-state index in [1.54, 1.807) is 6.07 Å². The van der Waals surface area contributed by atoms with Crippen LogP contribution < -0.4 is 9.80 Å². The highest BCUT2D eigenvalue weighted by molar-refractivity contribution is 6.03. The first kappa shape index (κ1) is 20.7. The van der Waals surface area contributed by atoms with Crippen molar-refractivity contribution in [2.24, 2.45) is 0 Å². The average Bonchev–Trinajstić information content (AvgIpc) is 3.06. The Bertz CT molecular complexity index is 850. The first-order valence-electron chi connectivity index (χ1n) is 9.65. The summed E-state index contributed by atoms with van der Waals surface area (Å²) in [4.78, 5) is 28.3. The summed E-state index contributed by atoms with van der Waals surface area (Å²) < 4.78 is 15.2. The van der Waals surface area contributed by atoms with Crippen molar-refractivity contribution < 1.29 is 23.8 Å². The molecule has 0 unspecified atom stereocenters.